The molecule has 13 nitrogen and oxygen atoms in total. The molecule has 0 spiro atoms. The minimum absolute atomic E-state index is 0.134. The third-order valence-electron chi connectivity index (χ3n) is 5.79. The zero-order valence-corrected chi connectivity index (χ0v) is 16.3. The van der Waals surface area contributed by atoms with Crippen LogP contribution in [0.4, 0.5) is 0 Å². The van der Waals surface area contributed by atoms with Crippen LogP contribution in [0.15, 0.2) is 0 Å². The standard InChI is InChI=1S/C17H31NO12/c1-5-9(22)10(23)11(24)17(27-5)30-14-8(4-20)28-16(26)15(12(14)25)29-13-6(3-19)18-2-7(13)21/h5-26H,2-4H2,1H3/t5?,6?,7?,8-,9?,10?,11?,12-,13?,14+,15-,16+,17?/m1/s1. The summed E-state index contributed by atoms with van der Waals surface area (Å²) in [4.78, 5) is 0. The summed E-state index contributed by atoms with van der Waals surface area (Å²) in [5.74, 6) is 0. The molecule has 3 aliphatic heterocycles. The number of nitrogens with one attached hydrogen (secondary N) is 1. The van der Waals surface area contributed by atoms with E-state index in [9.17, 15) is 40.9 Å². The molecule has 3 fully saturated rings. The largest absolute Gasteiger partial charge is 0.395 e. The Morgan fingerprint density at radius 2 is 1.50 bits per heavy atom. The van der Waals surface area contributed by atoms with Crippen molar-refractivity contribution in [2.24, 2.45) is 0 Å². The molecule has 3 saturated heterocycles. The van der Waals surface area contributed by atoms with Gasteiger partial charge < -0.3 is 65.1 Å². The van der Waals surface area contributed by atoms with Crippen molar-refractivity contribution in [1.29, 1.82) is 0 Å². The maximum Gasteiger partial charge on any atom is 0.187 e. The number of rotatable bonds is 6. The molecular formula is C17H31NO12. The predicted octanol–water partition coefficient (Wildman–Crippen LogP) is -5.65. The molecule has 13 atom stereocenters. The maximum atomic E-state index is 10.8. The Labute approximate surface area is 172 Å². The van der Waals surface area contributed by atoms with Crippen molar-refractivity contribution in [3.8, 4) is 0 Å². The van der Waals surface area contributed by atoms with Gasteiger partial charge in [0.05, 0.1) is 31.5 Å². The maximum absolute atomic E-state index is 10.8. The molecule has 0 bridgehead atoms. The molecule has 0 aromatic heterocycles. The molecule has 3 rings (SSSR count). The number of hydrogen-bond acceptors (Lipinski definition) is 13. The molecular weight excluding hydrogens is 410 g/mol. The van der Waals surface area contributed by atoms with E-state index in [1.165, 1.54) is 6.92 Å². The summed E-state index contributed by atoms with van der Waals surface area (Å²) in [7, 11) is 0. The van der Waals surface area contributed by atoms with Gasteiger partial charge in [0.25, 0.3) is 0 Å². The second-order valence-electron chi connectivity index (χ2n) is 7.85. The SMILES string of the molecule is CC1OC(O[C@@H]2[C@@H](O)[C@@H](OC3C(O)CNC3CO)[C@@H](O)O[C@@H]2CO)C(O)C(O)C1O. The smallest absolute Gasteiger partial charge is 0.187 e. The fourth-order valence-electron chi connectivity index (χ4n) is 3.96. The van der Waals surface area contributed by atoms with E-state index in [1.807, 2.05) is 0 Å². The zero-order valence-electron chi connectivity index (χ0n) is 16.3. The quantitative estimate of drug-likeness (QED) is 0.188. The summed E-state index contributed by atoms with van der Waals surface area (Å²) >= 11 is 0. The number of hydrogen-bond donors (Lipinski definition) is 9. The molecule has 0 aliphatic carbocycles. The van der Waals surface area contributed by atoms with Crippen molar-refractivity contribution in [3.05, 3.63) is 0 Å². The van der Waals surface area contributed by atoms with E-state index in [-0.39, 0.29) is 13.2 Å². The van der Waals surface area contributed by atoms with Gasteiger partial charge in [0.15, 0.2) is 12.6 Å². The fourth-order valence-corrected chi connectivity index (χ4v) is 3.96. The number of ether oxygens (including phenoxy) is 4. The third kappa shape index (κ3) is 4.63. The first-order valence-electron chi connectivity index (χ1n) is 9.84. The molecule has 176 valence electrons. The van der Waals surface area contributed by atoms with E-state index in [1.54, 1.807) is 0 Å². The van der Waals surface area contributed by atoms with Gasteiger partial charge in [-0.25, -0.2) is 0 Å². The van der Waals surface area contributed by atoms with Gasteiger partial charge >= 0.3 is 0 Å². The van der Waals surface area contributed by atoms with Crippen LogP contribution in [0.3, 0.4) is 0 Å². The Bertz CT molecular complexity index is 557. The van der Waals surface area contributed by atoms with Crippen molar-refractivity contribution >= 4 is 0 Å². The molecule has 0 amide bonds. The lowest BCUT2D eigenvalue weighted by atomic mass is 9.96. The van der Waals surface area contributed by atoms with Crippen LogP contribution in [-0.4, -0.2) is 140 Å². The number of β-amino-alcohol motifs (C(OH)–C–C–N with tert-alkyl or cyclic N) is 1. The molecule has 30 heavy (non-hydrogen) atoms. The molecule has 0 saturated carbocycles. The summed E-state index contributed by atoms with van der Waals surface area (Å²) in [6.07, 6.45) is -16.3. The predicted molar refractivity (Wildman–Crippen MR) is 94.7 cm³/mol. The first-order chi connectivity index (χ1) is 14.2. The van der Waals surface area contributed by atoms with Crippen molar-refractivity contribution in [2.45, 2.75) is 86.6 Å². The molecule has 0 radical (unpaired) electrons. The van der Waals surface area contributed by atoms with Crippen LogP contribution in [0.5, 0.6) is 0 Å². The lowest BCUT2D eigenvalue weighted by Crippen LogP contribution is -2.65. The Hall–Kier alpha value is -0.520. The Morgan fingerprint density at radius 1 is 0.800 bits per heavy atom. The first-order valence-corrected chi connectivity index (χ1v) is 9.84. The Morgan fingerprint density at radius 3 is 2.13 bits per heavy atom. The normalized spacial score (nSPS) is 52.5. The summed E-state index contributed by atoms with van der Waals surface area (Å²) in [6, 6.07) is -0.643. The summed E-state index contributed by atoms with van der Waals surface area (Å²) in [6.45, 7) is 0.560. The Kier molecular flexibility index (Phi) is 8.01. The zero-order chi connectivity index (χ0) is 22.2. The van der Waals surface area contributed by atoms with Crippen molar-refractivity contribution in [2.75, 3.05) is 19.8 Å². The number of aliphatic hydroxyl groups is 8. The lowest BCUT2D eigenvalue weighted by Gasteiger charge is -2.46. The van der Waals surface area contributed by atoms with Gasteiger partial charge in [0.2, 0.25) is 0 Å². The monoisotopic (exact) mass is 441 g/mol. The van der Waals surface area contributed by atoms with Crippen molar-refractivity contribution in [3.63, 3.8) is 0 Å². The average Bonchev–Trinajstić information content (AvgIpc) is 3.08. The highest BCUT2D eigenvalue weighted by Gasteiger charge is 2.52. The first kappa shape index (κ1) is 24.1. The summed E-state index contributed by atoms with van der Waals surface area (Å²) < 4.78 is 21.8. The van der Waals surface area contributed by atoms with Crippen LogP contribution in [-0.2, 0) is 18.9 Å². The molecule has 8 unspecified atom stereocenters. The molecule has 0 aromatic rings. The van der Waals surface area contributed by atoms with Crippen LogP contribution < -0.4 is 5.32 Å². The van der Waals surface area contributed by atoms with Gasteiger partial charge in [-0.3, -0.25) is 0 Å². The summed E-state index contributed by atoms with van der Waals surface area (Å²) in [5, 5.41) is 82.8. The third-order valence-corrected chi connectivity index (χ3v) is 5.79. The molecule has 13 heteroatoms. The van der Waals surface area contributed by atoms with Gasteiger partial charge in [-0.05, 0) is 6.92 Å². The highest BCUT2D eigenvalue weighted by atomic mass is 16.7. The van der Waals surface area contributed by atoms with Crippen molar-refractivity contribution in [1.82, 2.24) is 5.32 Å². The van der Waals surface area contributed by atoms with Gasteiger partial charge in [0.1, 0.15) is 48.8 Å². The topological polar surface area (TPSA) is 211 Å². The highest BCUT2D eigenvalue weighted by molar-refractivity contribution is 4.97. The minimum atomic E-state index is -1.69. The molecule has 3 aliphatic rings. The second-order valence-corrected chi connectivity index (χ2v) is 7.85. The van der Waals surface area contributed by atoms with E-state index in [0.717, 1.165) is 0 Å². The van der Waals surface area contributed by atoms with Crippen LogP contribution in [0.2, 0.25) is 0 Å². The number of aliphatic hydroxyl groups excluding tert-OH is 8. The molecule has 3 heterocycles. The highest BCUT2D eigenvalue weighted by Crippen LogP contribution is 2.31. The van der Waals surface area contributed by atoms with E-state index in [2.05, 4.69) is 5.32 Å². The van der Waals surface area contributed by atoms with E-state index >= 15 is 0 Å². The van der Waals surface area contributed by atoms with Gasteiger partial charge in [0, 0.05) is 6.54 Å². The van der Waals surface area contributed by atoms with Crippen LogP contribution in [0.1, 0.15) is 6.92 Å². The van der Waals surface area contributed by atoms with Gasteiger partial charge in [-0.2, -0.15) is 0 Å². The lowest BCUT2D eigenvalue weighted by molar-refractivity contribution is -0.359. The van der Waals surface area contributed by atoms with E-state index in [0.29, 0.717) is 0 Å². The average molecular weight is 441 g/mol. The van der Waals surface area contributed by atoms with Crippen LogP contribution in [0.25, 0.3) is 0 Å². The van der Waals surface area contributed by atoms with Crippen molar-refractivity contribution < 1.29 is 59.8 Å². The van der Waals surface area contributed by atoms with Crippen LogP contribution >= 0.6 is 0 Å². The van der Waals surface area contributed by atoms with Crippen LogP contribution in [0, 0.1) is 0 Å². The van der Waals surface area contributed by atoms with E-state index < -0.39 is 86.3 Å². The second kappa shape index (κ2) is 9.95. The summed E-state index contributed by atoms with van der Waals surface area (Å²) in [5.41, 5.74) is 0. The molecule has 9 N–H and O–H groups in total. The van der Waals surface area contributed by atoms with Gasteiger partial charge in [-0.15, -0.1) is 0 Å². The minimum Gasteiger partial charge on any atom is -0.395 e. The van der Waals surface area contributed by atoms with E-state index in [4.69, 9.17) is 18.9 Å². The van der Waals surface area contributed by atoms with Gasteiger partial charge in [-0.1, -0.05) is 0 Å². The Balaban J connectivity index is 1.74. The fraction of sp³-hybridized carbons (Fsp3) is 1.00. The molecule has 0 aromatic carbocycles.